The van der Waals surface area contributed by atoms with Gasteiger partial charge < -0.3 is 4.90 Å². The van der Waals surface area contributed by atoms with Crippen molar-refractivity contribution in [3.63, 3.8) is 0 Å². The fraction of sp³-hybridized carbons (Fsp3) is 0.552. The fourth-order valence-electron chi connectivity index (χ4n) is 7.33. The number of rotatable bonds is 2. The highest BCUT2D eigenvalue weighted by molar-refractivity contribution is 5.94. The first-order valence-corrected chi connectivity index (χ1v) is 12.1. The highest BCUT2D eigenvalue weighted by atomic mass is 16.1. The summed E-state index contributed by atoms with van der Waals surface area (Å²) in [6.45, 7) is 4.52. The second kappa shape index (κ2) is 7.70. The molecule has 162 valence electrons. The van der Waals surface area contributed by atoms with Crippen molar-refractivity contribution in [1.82, 2.24) is 0 Å². The molecule has 2 fully saturated rings. The van der Waals surface area contributed by atoms with Crippen LogP contribution in [0.4, 0.5) is 5.69 Å². The van der Waals surface area contributed by atoms with Gasteiger partial charge >= 0.3 is 0 Å². The molecule has 2 nitrogen and oxygen atoms in total. The molecule has 5 rings (SSSR count). The van der Waals surface area contributed by atoms with Gasteiger partial charge in [-0.15, -0.1) is 5.92 Å². The third-order valence-corrected chi connectivity index (χ3v) is 8.91. The van der Waals surface area contributed by atoms with Crippen LogP contribution in [0.3, 0.4) is 0 Å². The molecule has 0 radical (unpaired) electrons. The molecule has 1 aromatic rings. The largest absolute Gasteiger partial charge is 0.378 e. The molecule has 4 aliphatic rings. The second-order valence-electron chi connectivity index (χ2n) is 10.6. The van der Waals surface area contributed by atoms with Gasteiger partial charge in [-0.2, -0.15) is 0 Å². The molecule has 1 aromatic carbocycles. The number of anilines is 1. The molecular weight excluding hydrogens is 378 g/mol. The highest BCUT2D eigenvalue weighted by Crippen LogP contribution is 2.62. The minimum Gasteiger partial charge on any atom is -0.378 e. The van der Waals surface area contributed by atoms with E-state index in [4.69, 9.17) is 0 Å². The van der Waals surface area contributed by atoms with Crippen LogP contribution in [0.5, 0.6) is 0 Å². The Hall–Kier alpha value is -2.27. The maximum Gasteiger partial charge on any atom is 0.156 e. The summed E-state index contributed by atoms with van der Waals surface area (Å²) >= 11 is 0. The smallest absolute Gasteiger partial charge is 0.156 e. The lowest BCUT2D eigenvalue weighted by Crippen LogP contribution is -2.40. The van der Waals surface area contributed by atoms with Gasteiger partial charge in [-0.25, -0.2) is 0 Å². The monoisotopic (exact) mass is 413 g/mol. The minimum atomic E-state index is 0.235. The minimum absolute atomic E-state index is 0.235. The molecule has 31 heavy (non-hydrogen) atoms. The van der Waals surface area contributed by atoms with Crippen molar-refractivity contribution in [2.75, 3.05) is 19.0 Å². The maximum absolute atomic E-state index is 12.7. The molecule has 2 saturated carbocycles. The Morgan fingerprint density at radius 2 is 1.84 bits per heavy atom. The summed E-state index contributed by atoms with van der Waals surface area (Å²) in [6.07, 6.45) is 9.91. The molecule has 5 atom stereocenters. The molecule has 0 bridgehead atoms. The lowest BCUT2D eigenvalue weighted by Gasteiger charge is -2.49. The Kier molecular flexibility index (Phi) is 5.12. The van der Waals surface area contributed by atoms with Crippen molar-refractivity contribution < 1.29 is 4.79 Å². The molecule has 0 heterocycles. The van der Waals surface area contributed by atoms with Crippen molar-refractivity contribution in [2.24, 2.45) is 23.2 Å². The first kappa shape index (κ1) is 20.6. The lowest BCUT2D eigenvalue weighted by atomic mass is 9.55. The van der Waals surface area contributed by atoms with E-state index < -0.39 is 0 Å². The topological polar surface area (TPSA) is 20.3 Å². The van der Waals surface area contributed by atoms with Gasteiger partial charge in [0.1, 0.15) is 0 Å². The summed E-state index contributed by atoms with van der Waals surface area (Å²) in [5.74, 6) is 9.33. The highest BCUT2D eigenvalue weighted by Gasteiger charge is 2.53. The van der Waals surface area contributed by atoms with E-state index in [0.717, 1.165) is 12.3 Å². The van der Waals surface area contributed by atoms with Crippen LogP contribution in [0.25, 0.3) is 0 Å². The summed E-state index contributed by atoms with van der Waals surface area (Å²) in [4.78, 5) is 14.8. The zero-order valence-corrected chi connectivity index (χ0v) is 19.5. The van der Waals surface area contributed by atoms with Crippen LogP contribution < -0.4 is 4.90 Å². The molecule has 4 aliphatic carbocycles. The maximum atomic E-state index is 12.7. The zero-order valence-electron chi connectivity index (χ0n) is 19.5. The molecule has 0 aliphatic heterocycles. The molecule has 2 unspecified atom stereocenters. The third-order valence-electron chi connectivity index (χ3n) is 8.91. The number of ketones is 1. The number of benzene rings is 1. The van der Waals surface area contributed by atoms with E-state index in [0.29, 0.717) is 29.5 Å². The van der Waals surface area contributed by atoms with E-state index in [1.807, 2.05) is 13.0 Å². The van der Waals surface area contributed by atoms with Crippen molar-refractivity contribution in [2.45, 2.75) is 64.7 Å². The number of allylic oxidation sites excluding steroid dienone is 4. The second-order valence-corrected chi connectivity index (χ2v) is 10.6. The van der Waals surface area contributed by atoms with E-state index in [9.17, 15) is 4.79 Å². The predicted molar refractivity (Wildman–Crippen MR) is 128 cm³/mol. The van der Waals surface area contributed by atoms with Crippen molar-refractivity contribution in [1.29, 1.82) is 0 Å². The van der Waals surface area contributed by atoms with Crippen LogP contribution in [-0.2, 0) is 4.79 Å². The van der Waals surface area contributed by atoms with E-state index >= 15 is 0 Å². The lowest BCUT2D eigenvalue weighted by molar-refractivity contribution is -0.115. The van der Waals surface area contributed by atoms with Gasteiger partial charge in [-0.1, -0.05) is 30.6 Å². The molecule has 0 N–H and O–H groups in total. The average molecular weight is 414 g/mol. The summed E-state index contributed by atoms with van der Waals surface area (Å²) in [5.41, 5.74) is 7.47. The van der Waals surface area contributed by atoms with Gasteiger partial charge in [0.05, 0.1) is 0 Å². The first-order valence-electron chi connectivity index (χ1n) is 12.1. The Balaban J connectivity index is 1.56. The average Bonchev–Trinajstić information content (AvgIpc) is 3.09. The number of fused-ring (bicyclic) bond motifs is 4. The van der Waals surface area contributed by atoms with Gasteiger partial charge in [0.15, 0.2) is 5.78 Å². The fourth-order valence-corrected chi connectivity index (χ4v) is 7.33. The molecule has 0 saturated heterocycles. The van der Waals surface area contributed by atoms with Gasteiger partial charge in [0.2, 0.25) is 0 Å². The van der Waals surface area contributed by atoms with Crippen LogP contribution in [0, 0.1) is 35.0 Å². The van der Waals surface area contributed by atoms with Gasteiger partial charge in [-0.3, -0.25) is 4.79 Å². The number of carbonyl (C=O) groups is 1. The summed E-state index contributed by atoms with van der Waals surface area (Å²) < 4.78 is 0. The van der Waals surface area contributed by atoms with E-state index in [1.54, 1.807) is 11.1 Å². The molecule has 0 spiro atoms. The van der Waals surface area contributed by atoms with E-state index in [-0.39, 0.29) is 5.92 Å². The zero-order chi connectivity index (χ0) is 21.8. The van der Waals surface area contributed by atoms with Crippen LogP contribution >= 0.6 is 0 Å². The molecule has 0 aromatic heterocycles. The predicted octanol–water partition coefficient (Wildman–Crippen LogP) is 6.29. The Labute approximate surface area is 187 Å². The summed E-state index contributed by atoms with van der Waals surface area (Å²) in [6, 6.07) is 8.91. The van der Waals surface area contributed by atoms with Crippen molar-refractivity contribution >= 4 is 11.5 Å². The van der Waals surface area contributed by atoms with Gasteiger partial charge in [0, 0.05) is 38.0 Å². The molecular formula is C29H35NO. The number of carbonyl (C=O) groups excluding carboxylic acids is 1. The van der Waals surface area contributed by atoms with Crippen LogP contribution in [0.15, 0.2) is 47.1 Å². The van der Waals surface area contributed by atoms with Crippen LogP contribution in [-0.4, -0.2) is 19.9 Å². The van der Waals surface area contributed by atoms with Gasteiger partial charge in [0.25, 0.3) is 0 Å². The molecule has 2 heteroatoms. The van der Waals surface area contributed by atoms with Crippen LogP contribution in [0.1, 0.15) is 70.3 Å². The van der Waals surface area contributed by atoms with Crippen molar-refractivity contribution in [3.05, 3.63) is 52.6 Å². The quantitative estimate of drug-likeness (QED) is 0.531. The van der Waals surface area contributed by atoms with Crippen molar-refractivity contribution in [3.8, 4) is 11.8 Å². The Morgan fingerprint density at radius 1 is 1.06 bits per heavy atom. The SMILES string of the molecule is CC#CC1CC[C@H]2[C@@H]3CCC4=CC(=O)CC(c5ccc(N(C)C)cc5)C4=C3CC[C@]12C. The Bertz CT molecular complexity index is 1020. The van der Waals surface area contributed by atoms with E-state index in [2.05, 4.69) is 62.0 Å². The normalized spacial score (nSPS) is 34.2. The summed E-state index contributed by atoms with van der Waals surface area (Å²) in [5, 5.41) is 0. The first-order chi connectivity index (χ1) is 14.9. The number of nitrogens with zero attached hydrogens (tertiary/aromatic N) is 1. The number of hydrogen-bond acceptors (Lipinski definition) is 2. The third kappa shape index (κ3) is 3.29. The van der Waals surface area contributed by atoms with Crippen LogP contribution in [0.2, 0.25) is 0 Å². The Morgan fingerprint density at radius 3 is 2.55 bits per heavy atom. The molecule has 0 amide bonds. The standard InChI is InChI=1S/C29H35NO/c1-5-6-21-10-14-27-24-13-9-20-17-23(31)18-26(19-7-11-22(12-8-19)30(3)4)28(20)25(24)15-16-29(21,27)2/h7-8,11-12,17,21,24,26-27H,9-10,13-16,18H2,1-4H3/t21?,24-,26?,27+,29-/m1/s1. The van der Waals surface area contributed by atoms with Gasteiger partial charge in [-0.05, 0) is 97.6 Å². The number of hydrogen-bond donors (Lipinski definition) is 0. The summed E-state index contributed by atoms with van der Waals surface area (Å²) in [7, 11) is 4.15. The van der Waals surface area contributed by atoms with E-state index in [1.165, 1.54) is 48.9 Å².